The molecule has 0 aliphatic heterocycles. The van der Waals surface area contributed by atoms with E-state index in [-0.39, 0.29) is 12.5 Å². The van der Waals surface area contributed by atoms with Gasteiger partial charge in [0, 0.05) is 12.4 Å². The van der Waals surface area contributed by atoms with Crippen LogP contribution in [0.5, 0.6) is 11.5 Å². The molecule has 2 rings (SSSR count). The number of imidazole rings is 1. The summed E-state index contributed by atoms with van der Waals surface area (Å²) in [5.74, 6) is 1.62. The molecule has 100 valence electrons. The Morgan fingerprint density at radius 1 is 1.37 bits per heavy atom. The molecule has 0 aliphatic carbocycles. The lowest BCUT2D eigenvalue weighted by atomic mass is 10.3. The normalized spacial score (nSPS) is 9.95. The Kier molecular flexibility index (Phi) is 4.39. The molecule has 1 amide bonds. The van der Waals surface area contributed by atoms with Crippen molar-refractivity contribution in [3.63, 3.8) is 0 Å². The molecule has 2 N–H and O–H groups in total. The van der Waals surface area contributed by atoms with Crippen LogP contribution in [0.1, 0.15) is 5.82 Å². The minimum atomic E-state index is -0.220. The fraction of sp³-hybridized carbons (Fsp3) is 0.231. The summed E-state index contributed by atoms with van der Waals surface area (Å²) in [7, 11) is 1.55. The summed E-state index contributed by atoms with van der Waals surface area (Å²) in [4.78, 5) is 18.5. The Morgan fingerprint density at radius 3 is 2.84 bits per heavy atom. The number of aromatic amines is 1. The number of methoxy groups -OCH3 is 1. The second kappa shape index (κ2) is 6.44. The van der Waals surface area contributed by atoms with E-state index in [1.54, 1.807) is 31.6 Å². The molecule has 0 fully saturated rings. The lowest BCUT2D eigenvalue weighted by molar-refractivity contribution is -0.123. The van der Waals surface area contributed by atoms with E-state index >= 15 is 0 Å². The van der Waals surface area contributed by atoms with Crippen LogP contribution in [0.2, 0.25) is 0 Å². The van der Waals surface area contributed by atoms with Gasteiger partial charge < -0.3 is 19.8 Å². The maximum absolute atomic E-state index is 11.6. The third-order valence-electron chi connectivity index (χ3n) is 2.44. The third kappa shape index (κ3) is 3.74. The average Bonchev–Trinajstić information content (AvgIpc) is 2.96. The van der Waals surface area contributed by atoms with Crippen molar-refractivity contribution in [2.75, 3.05) is 13.7 Å². The molecule has 1 heterocycles. The van der Waals surface area contributed by atoms with Crippen LogP contribution in [0, 0.1) is 0 Å². The first-order chi connectivity index (χ1) is 9.29. The second-order valence-electron chi connectivity index (χ2n) is 3.75. The van der Waals surface area contributed by atoms with Crippen LogP contribution in [0.3, 0.4) is 0 Å². The number of carbonyl (C=O) groups is 1. The van der Waals surface area contributed by atoms with E-state index in [9.17, 15) is 4.79 Å². The molecular weight excluding hydrogens is 246 g/mol. The average molecular weight is 261 g/mol. The van der Waals surface area contributed by atoms with E-state index < -0.39 is 0 Å². The Balaban J connectivity index is 1.80. The number of nitrogens with one attached hydrogen (secondary N) is 2. The first-order valence-electron chi connectivity index (χ1n) is 5.80. The van der Waals surface area contributed by atoms with E-state index in [1.165, 1.54) is 0 Å². The van der Waals surface area contributed by atoms with Gasteiger partial charge in [-0.2, -0.15) is 0 Å². The van der Waals surface area contributed by atoms with Gasteiger partial charge in [0.05, 0.1) is 13.7 Å². The number of rotatable bonds is 6. The van der Waals surface area contributed by atoms with Gasteiger partial charge >= 0.3 is 0 Å². The summed E-state index contributed by atoms with van der Waals surface area (Å²) in [5.41, 5.74) is 0. The number of benzene rings is 1. The minimum absolute atomic E-state index is 0.0684. The number of nitrogens with zero attached hydrogens (tertiary/aromatic N) is 1. The van der Waals surface area contributed by atoms with E-state index in [2.05, 4.69) is 15.3 Å². The highest BCUT2D eigenvalue weighted by atomic mass is 16.5. The first-order valence-corrected chi connectivity index (χ1v) is 5.80. The smallest absolute Gasteiger partial charge is 0.258 e. The summed E-state index contributed by atoms with van der Waals surface area (Å²) in [6.07, 6.45) is 3.33. The number of H-pyrrole nitrogens is 1. The Hall–Kier alpha value is -2.50. The van der Waals surface area contributed by atoms with Crippen molar-refractivity contribution in [1.29, 1.82) is 0 Å². The maximum atomic E-state index is 11.6. The van der Waals surface area contributed by atoms with Crippen LogP contribution in [-0.4, -0.2) is 29.6 Å². The third-order valence-corrected chi connectivity index (χ3v) is 2.44. The van der Waals surface area contributed by atoms with Gasteiger partial charge in [-0.15, -0.1) is 0 Å². The number of ether oxygens (including phenoxy) is 2. The summed E-state index contributed by atoms with van der Waals surface area (Å²) >= 11 is 0. The highest BCUT2D eigenvalue weighted by Gasteiger charge is 2.06. The zero-order valence-electron chi connectivity index (χ0n) is 10.6. The summed E-state index contributed by atoms with van der Waals surface area (Å²) < 4.78 is 10.5. The molecule has 0 atom stereocenters. The Bertz CT molecular complexity index is 526. The van der Waals surface area contributed by atoms with Crippen LogP contribution < -0.4 is 14.8 Å². The van der Waals surface area contributed by atoms with Crippen molar-refractivity contribution < 1.29 is 14.3 Å². The number of aromatic nitrogens is 2. The van der Waals surface area contributed by atoms with E-state index in [0.29, 0.717) is 23.9 Å². The van der Waals surface area contributed by atoms with Crippen LogP contribution in [0.4, 0.5) is 0 Å². The van der Waals surface area contributed by atoms with Gasteiger partial charge in [0.15, 0.2) is 18.1 Å². The largest absolute Gasteiger partial charge is 0.493 e. The highest BCUT2D eigenvalue weighted by molar-refractivity contribution is 5.77. The predicted molar refractivity (Wildman–Crippen MR) is 68.9 cm³/mol. The van der Waals surface area contributed by atoms with Crippen LogP contribution in [0.15, 0.2) is 36.7 Å². The lowest BCUT2D eigenvalue weighted by Crippen LogP contribution is -2.28. The molecule has 0 radical (unpaired) electrons. The quantitative estimate of drug-likeness (QED) is 0.816. The Morgan fingerprint density at radius 2 is 2.16 bits per heavy atom. The van der Waals surface area contributed by atoms with Crippen molar-refractivity contribution in [2.45, 2.75) is 6.54 Å². The molecule has 1 aromatic carbocycles. The number of carbonyl (C=O) groups excluding carboxylic acids is 1. The molecule has 0 unspecified atom stereocenters. The highest BCUT2D eigenvalue weighted by Crippen LogP contribution is 2.25. The van der Waals surface area contributed by atoms with Gasteiger partial charge in [0.25, 0.3) is 5.91 Å². The van der Waals surface area contributed by atoms with Gasteiger partial charge in [-0.05, 0) is 12.1 Å². The van der Waals surface area contributed by atoms with Crippen LogP contribution in [0.25, 0.3) is 0 Å². The monoisotopic (exact) mass is 261 g/mol. The van der Waals surface area contributed by atoms with E-state index in [1.807, 2.05) is 12.1 Å². The summed E-state index contributed by atoms with van der Waals surface area (Å²) in [5, 5.41) is 2.69. The predicted octanol–water partition coefficient (Wildman–Crippen LogP) is 1.11. The molecule has 2 aromatic rings. The van der Waals surface area contributed by atoms with Gasteiger partial charge in [0.1, 0.15) is 5.82 Å². The molecule has 6 heteroatoms. The first kappa shape index (κ1) is 12.9. The number of amides is 1. The second-order valence-corrected chi connectivity index (χ2v) is 3.75. The standard InChI is InChI=1S/C13H15N3O3/c1-18-10-4-2-3-5-11(10)19-9-13(17)16-8-12-14-6-7-15-12/h2-7H,8-9H2,1H3,(H,14,15)(H,16,17). The zero-order chi connectivity index (χ0) is 13.5. The van der Waals surface area contributed by atoms with Crippen molar-refractivity contribution in [3.05, 3.63) is 42.5 Å². The SMILES string of the molecule is COc1ccccc1OCC(=O)NCc1ncc[nH]1. The topological polar surface area (TPSA) is 76.2 Å². The van der Waals surface area contributed by atoms with E-state index in [0.717, 1.165) is 0 Å². The molecule has 0 saturated heterocycles. The van der Waals surface area contributed by atoms with Crippen molar-refractivity contribution in [1.82, 2.24) is 15.3 Å². The summed E-state index contributed by atoms with van der Waals surface area (Å²) in [6, 6.07) is 7.18. The number of hydrogen-bond donors (Lipinski definition) is 2. The molecule has 0 spiro atoms. The maximum Gasteiger partial charge on any atom is 0.258 e. The lowest BCUT2D eigenvalue weighted by Gasteiger charge is -2.10. The van der Waals surface area contributed by atoms with Crippen molar-refractivity contribution in [2.24, 2.45) is 0 Å². The van der Waals surface area contributed by atoms with Gasteiger partial charge in [0.2, 0.25) is 0 Å². The van der Waals surface area contributed by atoms with Gasteiger partial charge in [-0.25, -0.2) is 4.98 Å². The molecule has 6 nitrogen and oxygen atoms in total. The fourth-order valence-corrected chi connectivity index (χ4v) is 1.51. The van der Waals surface area contributed by atoms with Gasteiger partial charge in [-0.3, -0.25) is 4.79 Å². The molecule has 0 bridgehead atoms. The number of hydrogen-bond acceptors (Lipinski definition) is 4. The van der Waals surface area contributed by atoms with Crippen molar-refractivity contribution >= 4 is 5.91 Å². The fourth-order valence-electron chi connectivity index (χ4n) is 1.51. The zero-order valence-corrected chi connectivity index (χ0v) is 10.6. The summed E-state index contributed by atoms with van der Waals surface area (Å²) in [6.45, 7) is 0.280. The Labute approximate surface area is 110 Å². The molecule has 0 saturated carbocycles. The van der Waals surface area contributed by atoms with Crippen LogP contribution in [-0.2, 0) is 11.3 Å². The molecule has 0 aliphatic rings. The van der Waals surface area contributed by atoms with Gasteiger partial charge in [-0.1, -0.05) is 12.1 Å². The number of para-hydroxylation sites is 2. The van der Waals surface area contributed by atoms with E-state index in [4.69, 9.17) is 9.47 Å². The molecule has 1 aromatic heterocycles. The van der Waals surface area contributed by atoms with Crippen LogP contribution >= 0.6 is 0 Å². The van der Waals surface area contributed by atoms with Crippen molar-refractivity contribution in [3.8, 4) is 11.5 Å². The minimum Gasteiger partial charge on any atom is -0.493 e. The molecule has 19 heavy (non-hydrogen) atoms. The molecular formula is C13H15N3O3.